The molecule has 0 radical (unpaired) electrons. The van der Waals surface area contributed by atoms with Crippen molar-refractivity contribution in [1.82, 2.24) is 10.2 Å². The molecule has 4 rings (SSSR count). The maximum absolute atomic E-state index is 13.9. The summed E-state index contributed by atoms with van der Waals surface area (Å²) in [6, 6.07) is 14.6. The Morgan fingerprint density at radius 2 is 2.14 bits per heavy atom. The van der Waals surface area contributed by atoms with Gasteiger partial charge in [0.15, 0.2) is 0 Å². The molecule has 2 aromatic carbocycles. The summed E-state index contributed by atoms with van der Waals surface area (Å²) in [7, 11) is 1.67. The van der Waals surface area contributed by atoms with Crippen molar-refractivity contribution in [3.63, 3.8) is 0 Å². The monoisotopic (exact) mass is 384 g/mol. The summed E-state index contributed by atoms with van der Waals surface area (Å²) in [6.07, 6.45) is 0.351. The highest BCUT2D eigenvalue weighted by Crippen LogP contribution is 2.39. The number of amides is 1. The molecule has 2 aliphatic rings. The first-order valence-corrected chi connectivity index (χ1v) is 9.58. The number of nitrogens with zero attached hydrogens (tertiary/aromatic N) is 1. The van der Waals surface area contributed by atoms with E-state index in [1.807, 2.05) is 30.3 Å². The van der Waals surface area contributed by atoms with E-state index in [1.165, 1.54) is 6.07 Å². The molecule has 2 heterocycles. The van der Waals surface area contributed by atoms with Crippen molar-refractivity contribution in [2.24, 2.45) is 0 Å². The van der Waals surface area contributed by atoms with Gasteiger partial charge in [-0.25, -0.2) is 4.39 Å². The SMILES string of the molecule is COc1ccccc1CN1C[C@@H](c2cccc(F)c2)[C@@]2(COCCC(=O)N2)C1. The number of hydrogen-bond donors (Lipinski definition) is 1. The van der Waals surface area contributed by atoms with Crippen LogP contribution in [-0.4, -0.2) is 49.8 Å². The van der Waals surface area contributed by atoms with Gasteiger partial charge in [0.2, 0.25) is 5.91 Å². The van der Waals surface area contributed by atoms with Gasteiger partial charge in [-0.1, -0.05) is 30.3 Å². The number of para-hydroxylation sites is 1. The summed E-state index contributed by atoms with van der Waals surface area (Å²) in [5, 5.41) is 3.21. The largest absolute Gasteiger partial charge is 0.496 e. The number of hydrogen-bond acceptors (Lipinski definition) is 4. The van der Waals surface area contributed by atoms with E-state index in [9.17, 15) is 9.18 Å². The molecule has 0 aromatic heterocycles. The minimum Gasteiger partial charge on any atom is -0.496 e. The van der Waals surface area contributed by atoms with Crippen LogP contribution in [0.1, 0.15) is 23.5 Å². The Morgan fingerprint density at radius 3 is 2.96 bits per heavy atom. The topological polar surface area (TPSA) is 50.8 Å². The number of rotatable bonds is 4. The summed E-state index contributed by atoms with van der Waals surface area (Å²) in [4.78, 5) is 14.6. The van der Waals surface area contributed by atoms with Crippen LogP contribution in [0.5, 0.6) is 5.75 Å². The average molecular weight is 384 g/mol. The van der Waals surface area contributed by atoms with Gasteiger partial charge >= 0.3 is 0 Å². The summed E-state index contributed by atoms with van der Waals surface area (Å²) in [5.41, 5.74) is 1.40. The molecule has 6 heteroatoms. The van der Waals surface area contributed by atoms with Gasteiger partial charge in [0.05, 0.1) is 25.9 Å². The van der Waals surface area contributed by atoms with Crippen LogP contribution in [0.4, 0.5) is 4.39 Å². The predicted molar refractivity (Wildman–Crippen MR) is 104 cm³/mol. The molecule has 0 aliphatic carbocycles. The Kier molecular flexibility index (Phi) is 5.33. The molecule has 28 heavy (non-hydrogen) atoms. The molecular weight excluding hydrogens is 359 g/mol. The second-order valence-corrected chi connectivity index (χ2v) is 7.60. The second kappa shape index (κ2) is 7.89. The minimum absolute atomic E-state index is 0.0157. The molecule has 2 fully saturated rings. The van der Waals surface area contributed by atoms with Crippen LogP contribution >= 0.6 is 0 Å². The van der Waals surface area contributed by atoms with Crippen LogP contribution in [-0.2, 0) is 16.1 Å². The van der Waals surface area contributed by atoms with Gasteiger partial charge < -0.3 is 14.8 Å². The number of carbonyl (C=O) groups is 1. The standard InChI is InChI=1S/C22H25FN2O3/c1-27-20-8-3-2-5-17(20)12-25-13-19(16-6-4-7-18(23)11-16)22(14-25)15-28-10-9-21(26)24-22/h2-8,11,19H,9-10,12-15H2,1H3,(H,24,26)/t19-,22-/m0/s1. The first-order valence-electron chi connectivity index (χ1n) is 9.58. The zero-order chi connectivity index (χ0) is 19.6. The molecule has 2 atom stereocenters. The lowest BCUT2D eigenvalue weighted by Crippen LogP contribution is -2.55. The smallest absolute Gasteiger partial charge is 0.222 e. The number of ether oxygens (including phenoxy) is 2. The summed E-state index contributed by atoms with van der Waals surface area (Å²) >= 11 is 0. The van der Waals surface area contributed by atoms with E-state index >= 15 is 0 Å². The van der Waals surface area contributed by atoms with Crippen molar-refractivity contribution in [2.75, 3.05) is 33.4 Å². The Bertz CT molecular complexity index is 859. The first kappa shape index (κ1) is 18.9. The molecule has 0 unspecified atom stereocenters. The molecule has 2 aliphatic heterocycles. The number of likely N-dealkylation sites (tertiary alicyclic amines) is 1. The highest BCUT2D eigenvalue weighted by Gasteiger charge is 2.49. The summed E-state index contributed by atoms with van der Waals surface area (Å²) < 4.78 is 25.2. The number of carbonyl (C=O) groups excluding carboxylic acids is 1. The molecule has 2 aromatic rings. The third-order valence-electron chi connectivity index (χ3n) is 5.67. The van der Waals surface area contributed by atoms with Gasteiger partial charge in [0.25, 0.3) is 0 Å². The van der Waals surface area contributed by atoms with Crippen LogP contribution in [0.15, 0.2) is 48.5 Å². The van der Waals surface area contributed by atoms with E-state index < -0.39 is 5.54 Å². The lowest BCUT2D eigenvalue weighted by molar-refractivity contribution is -0.122. The Morgan fingerprint density at radius 1 is 1.29 bits per heavy atom. The maximum atomic E-state index is 13.9. The fourth-order valence-corrected chi connectivity index (χ4v) is 4.42. The Hall–Kier alpha value is -2.44. The normalized spacial score (nSPS) is 25.5. The van der Waals surface area contributed by atoms with Crippen LogP contribution in [0.2, 0.25) is 0 Å². The van der Waals surface area contributed by atoms with Crippen molar-refractivity contribution in [1.29, 1.82) is 0 Å². The van der Waals surface area contributed by atoms with Crippen LogP contribution in [0.25, 0.3) is 0 Å². The van der Waals surface area contributed by atoms with E-state index in [0.717, 1.165) is 16.9 Å². The molecule has 1 N–H and O–H groups in total. The highest BCUT2D eigenvalue weighted by atomic mass is 19.1. The number of nitrogens with one attached hydrogen (secondary N) is 1. The first-order chi connectivity index (χ1) is 13.6. The lowest BCUT2D eigenvalue weighted by Gasteiger charge is -2.34. The highest BCUT2D eigenvalue weighted by molar-refractivity contribution is 5.77. The van der Waals surface area contributed by atoms with Crippen molar-refractivity contribution in [3.05, 3.63) is 65.5 Å². The van der Waals surface area contributed by atoms with Crippen LogP contribution < -0.4 is 10.1 Å². The zero-order valence-corrected chi connectivity index (χ0v) is 16.0. The van der Waals surface area contributed by atoms with Crippen molar-refractivity contribution in [2.45, 2.75) is 24.4 Å². The minimum atomic E-state index is -0.566. The summed E-state index contributed by atoms with van der Waals surface area (Å²) in [5.74, 6) is 0.501. The quantitative estimate of drug-likeness (QED) is 0.881. The predicted octanol–water partition coefficient (Wildman–Crippen LogP) is 2.71. The zero-order valence-electron chi connectivity index (χ0n) is 16.0. The fraction of sp³-hybridized carbons (Fsp3) is 0.409. The van der Waals surface area contributed by atoms with E-state index in [-0.39, 0.29) is 17.6 Å². The molecule has 0 bridgehead atoms. The van der Waals surface area contributed by atoms with Crippen molar-refractivity contribution in [3.8, 4) is 5.75 Å². The van der Waals surface area contributed by atoms with Crippen molar-refractivity contribution < 1.29 is 18.7 Å². The molecular formula is C22H25FN2O3. The van der Waals surface area contributed by atoms with Crippen LogP contribution in [0, 0.1) is 5.82 Å². The molecule has 1 spiro atoms. The van der Waals surface area contributed by atoms with E-state index in [2.05, 4.69) is 10.2 Å². The number of benzene rings is 2. The third-order valence-corrected chi connectivity index (χ3v) is 5.67. The third kappa shape index (κ3) is 3.75. The maximum Gasteiger partial charge on any atom is 0.222 e. The van der Waals surface area contributed by atoms with Gasteiger partial charge in [-0.3, -0.25) is 9.69 Å². The summed E-state index contributed by atoms with van der Waals surface area (Å²) in [6.45, 7) is 2.86. The van der Waals surface area contributed by atoms with Crippen molar-refractivity contribution >= 4 is 5.91 Å². The van der Waals surface area contributed by atoms with E-state index in [4.69, 9.17) is 9.47 Å². The molecule has 2 saturated heterocycles. The molecule has 1 amide bonds. The molecule has 148 valence electrons. The Labute approximate surface area is 164 Å². The number of methoxy groups -OCH3 is 1. The van der Waals surface area contributed by atoms with Gasteiger partial charge in [0, 0.05) is 37.5 Å². The average Bonchev–Trinajstić information content (AvgIpc) is 2.91. The Balaban J connectivity index is 1.66. The molecule has 5 nitrogen and oxygen atoms in total. The van der Waals surface area contributed by atoms with Gasteiger partial charge in [-0.2, -0.15) is 0 Å². The lowest BCUT2D eigenvalue weighted by atomic mass is 9.82. The van der Waals surface area contributed by atoms with E-state index in [1.54, 1.807) is 19.2 Å². The van der Waals surface area contributed by atoms with E-state index in [0.29, 0.717) is 39.3 Å². The van der Waals surface area contributed by atoms with Gasteiger partial charge in [0.1, 0.15) is 11.6 Å². The molecule has 0 saturated carbocycles. The van der Waals surface area contributed by atoms with Gasteiger partial charge in [-0.15, -0.1) is 0 Å². The second-order valence-electron chi connectivity index (χ2n) is 7.60. The van der Waals surface area contributed by atoms with Crippen LogP contribution in [0.3, 0.4) is 0 Å². The van der Waals surface area contributed by atoms with Gasteiger partial charge in [-0.05, 0) is 23.8 Å². The number of halogens is 1. The fourth-order valence-electron chi connectivity index (χ4n) is 4.42.